The molecule has 12 nitrogen and oxygen atoms in total. The van der Waals surface area contributed by atoms with Crippen molar-refractivity contribution in [3.8, 4) is 5.75 Å². The summed E-state index contributed by atoms with van der Waals surface area (Å²) >= 11 is 3.47. The van der Waals surface area contributed by atoms with Crippen LogP contribution < -0.4 is 15.4 Å². The van der Waals surface area contributed by atoms with Crippen LogP contribution in [0.4, 0.5) is 17.2 Å². The van der Waals surface area contributed by atoms with E-state index in [2.05, 4.69) is 36.5 Å². The molecular weight excluding hydrogens is 630 g/mol. The molecule has 0 atom stereocenters. The van der Waals surface area contributed by atoms with Crippen molar-refractivity contribution < 1.29 is 31.7 Å². The number of hydrogen-bond acceptors (Lipinski definition) is 11. The average Bonchev–Trinajstić information content (AvgIpc) is 2.88. The molecule has 14 heteroatoms. The number of carbonyl (C=O) groups is 2. The zero-order valence-electron chi connectivity index (χ0n) is 24.0. The number of amides is 1. The molecule has 2 N–H and O–H groups in total. The summed E-state index contributed by atoms with van der Waals surface area (Å²) in [6.45, 7) is 4.57. The molecule has 0 spiro atoms. The molecule has 0 aliphatic carbocycles. The van der Waals surface area contributed by atoms with Gasteiger partial charge in [-0.2, -0.15) is 8.42 Å². The average molecular weight is 665 g/mol. The van der Waals surface area contributed by atoms with Crippen LogP contribution in [0.15, 0.2) is 59.4 Å². The normalized spacial score (nSPS) is 11.9. The number of fused-ring (bicyclic) bond motifs is 1. The molecule has 1 aromatic heterocycles. The van der Waals surface area contributed by atoms with Gasteiger partial charge in [0.2, 0.25) is 5.91 Å². The van der Waals surface area contributed by atoms with E-state index in [0.717, 1.165) is 26.7 Å². The molecule has 0 aliphatic heterocycles. The molecular formula is C28H34BrN5O7S. The van der Waals surface area contributed by atoms with Gasteiger partial charge >= 0.3 is 5.97 Å². The second-order valence-electron chi connectivity index (χ2n) is 10.1. The number of nitrogens with zero attached hydrogens (tertiary/aromatic N) is 3. The van der Waals surface area contributed by atoms with Crippen molar-refractivity contribution in [1.82, 2.24) is 14.9 Å². The topological polar surface area (TPSA) is 149 Å². The van der Waals surface area contributed by atoms with Gasteiger partial charge in [-0.05, 0) is 45.0 Å². The quantitative estimate of drug-likeness (QED) is 0.153. The third-order valence-electron chi connectivity index (χ3n) is 5.43. The number of methoxy groups -OCH3 is 1. The molecule has 1 amide bonds. The number of rotatable bonds is 13. The predicted molar refractivity (Wildman–Crippen MR) is 164 cm³/mol. The number of aromatic nitrogens is 2. The summed E-state index contributed by atoms with van der Waals surface area (Å²) in [7, 11) is -2.17. The fourth-order valence-electron chi connectivity index (χ4n) is 3.72. The van der Waals surface area contributed by atoms with E-state index in [0.29, 0.717) is 22.8 Å². The summed E-state index contributed by atoms with van der Waals surface area (Å²) < 4.78 is 39.2. The van der Waals surface area contributed by atoms with E-state index >= 15 is 0 Å². The highest BCUT2D eigenvalue weighted by Gasteiger charge is 2.21. The monoisotopic (exact) mass is 663 g/mol. The van der Waals surface area contributed by atoms with E-state index in [4.69, 9.17) is 13.7 Å². The van der Waals surface area contributed by atoms with Crippen LogP contribution >= 0.6 is 15.9 Å². The maximum Gasteiger partial charge on any atom is 0.326 e. The zero-order chi connectivity index (χ0) is 30.9. The van der Waals surface area contributed by atoms with Crippen molar-refractivity contribution in [3.63, 3.8) is 0 Å². The van der Waals surface area contributed by atoms with Gasteiger partial charge < -0.3 is 25.0 Å². The summed E-state index contributed by atoms with van der Waals surface area (Å²) in [6.07, 6.45) is 5.24. The number of carbonyl (C=O) groups excluding carboxylic acids is 2. The molecule has 226 valence electrons. The Morgan fingerprint density at radius 2 is 1.90 bits per heavy atom. The second kappa shape index (κ2) is 14.4. The lowest BCUT2D eigenvalue weighted by Gasteiger charge is -2.24. The second-order valence-corrected chi connectivity index (χ2v) is 12.6. The number of esters is 1. The van der Waals surface area contributed by atoms with Gasteiger partial charge in [-0.1, -0.05) is 28.1 Å². The third kappa shape index (κ3) is 10.6. The molecule has 2 aromatic carbocycles. The Hall–Kier alpha value is -3.75. The first-order valence-corrected chi connectivity index (χ1v) is 15.5. The number of anilines is 3. The van der Waals surface area contributed by atoms with Crippen LogP contribution in [0.25, 0.3) is 10.9 Å². The van der Waals surface area contributed by atoms with Crippen molar-refractivity contribution in [2.24, 2.45) is 0 Å². The number of halogens is 1. The van der Waals surface area contributed by atoms with Gasteiger partial charge in [0.15, 0.2) is 0 Å². The maximum atomic E-state index is 12.9. The Morgan fingerprint density at radius 1 is 1.14 bits per heavy atom. The van der Waals surface area contributed by atoms with Crippen LogP contribution in [-0.4, -0.2) is 80.4 Å². The van der Waals surface area contributed by atoms with Crippen molar-refractivity contribution in [2.75, 3.05) is 50.2 Å². The van der Waals surface area contributed by atoms with Crippen LogP contribution in [0.2, 0.25) is 0 Å². The Bertz CT molecular complexity index is 1560. The molecule has 1 heterocycles. The van der Waals surface area contributed by atoms with Crippen molar-refractivity contribution >= 4 is 66.0 Å². The SMILES string of the molecule is COc1cc2ncnc(Nc3cccc(Br)c3)c2cc1NCC=CC(=O)N(CCOS(C)(=O)=O)CC(=O)OC(C)(C)C. The van der Waals surface area contributed by atoms with Gasteiger partial charge in [-0.15, -0.1) is 0 Å². The van der Waals surface area contributed by atoms with Gasteiger partial charge in [0.25, 0.3) is 10.1 Å². The summed E-state index contributed by atoms with van der Waals surface area (Å²) in [6, 6.07) is 11.3. The van der Waals surface area contributed by atoms with Gasteiger partial charge in [0, 0.05) is 40.8 Å². The van der Waals surface area contributed by atoms with E-state index in [1.54, 1.807) is 40.0 Å². The number of nitrogens with one attached hydrogen (secondary N) is 2. The molecule has 42 heavy (non-hydrogen) atoms. The van der Waals surface area contributed by atoms with E-state index in [1.807, 2.05) is 30.3 Å². The minimum atomic E-state index is -3.71. The Labute approximate surface area is 253 Å². The van der Waals surface area contributed by atoms with Crippen molar-refractivity contribution in [2.45, 2.75) is 26.4 Å². The van der Waals surface area contributed by atoms with E-state index in [-0.39, 0.29) is 26.2 Å². The van der Waals surface area contributed by atoms with Crippen molar-refractivity contribution in [3.05, 3.63) is 59.4 Å². The first-order chi connectivity index (χ1) is 19.7. The van der Waals surface area contributed by atoms with E-state index < -0.39 is 27.6 Å². The molecule has 0 saturated heterocycles. The smallest absolute Gasteiger partial charge is 0.326 e. The highest BCUT2D eigenvalue weighted by atomic mass is 79.9. The highest BCUT2D eigenvalue weighted by Crippen LogP contribution is 2.33. The van der Waals surface area contributed by atoms with Gasteiger partial charge in [-0.3, -0.25) is 13.8 Å². The van der Waals surface area contributed by atoms with Gasteiger partial charge in [0.1, 0.15) is 30.0 Å². The lowest BCUT2D eigenvalue weighted by molar-refractivity contribution is -0.158. The fourth-order valence-corrected chi connectivity index (χ4v) is 4.50. The largest absolute Gasteiger partial charge is 0.495 e. The van der Waals surface area contributed by atoms with Crippen LogP contribution in [0.3, 0.4) is 0 Å². The third-order valence-corrected chi connectivity index (χ3v) is 6.51. The van der Waals surface area contributed by atoms with Crippen molar-refractivity contribution in [1.29, 1.82) is 0 Å². The van der Waals surface area contributed by atoms with Crippen LogP contribution in [0.5, 0.6) is 5.75 Å². The van der Waals surface area contributed by atoms with Crippen LogP contribution in [0.1, 0.15) is 20.8 Å². The molecule has 3 rings (SSSR count). The molecule has 0 saturated carbocycles. The number of ether oxygens (including phenoxy) is 2. The zero-order valence-corrected chi connectivity index (χ0v) is 26.4. The fraction of sp³-hybridized carbons (Fsp3) is 0.357. The lowest BCUT2D eigenvalue weighted by atomic mass is 10.2. The summed E-state index contributed by atoms with van der Waals surface area (Å²) in [5.74, 6) is -0.00121. The van der Waals surface area contributed by atoms with E-state index in [1.165, 1.54) is 12.4 Å². The van der Waals surface area contributed by atoms with Crippen LogP contribution in [0, 0.1) is 0 Å². The predicted octanol–water partition coefficient (Wildman–Crippen LogP) is 4.26. The molecule has 0 bridgehead atoms. The van der Waals surface area contributed by atoms with Crippen LogP contribution in [-0.2, 0) is 28.6 Å². The molecule has 0 fully saturated rings. The minimum absolute atomic E-state index is 0.130. The standard InChI is InChI=1S/C28H34BrN5O7S/c1-28(2,3)41-26(36)17-34(12-13-40-42(5,37)38)25(35)10-7-11-30-23-15-21-22(16-24(23)39-4)31-18-32-27(21)33-20-9-6-8-19(29)14-20/h6-10,14-16,18,30H,11-13,17H2,1-5H3,(H,31,32,33). The molecule has 0 unspecified atom stereocenters. The Morgan fingerprint density at radius 3 is 2.57 bits per heavy atom. The summed E-state index contributed by atoms with van der Waals surface area (Å²) in [4.78, 5) is 35.1. The number of benzene rings is 2. The number of hydrogen-bond donors (Lipinski definition) is 2. The van der Waals surface area contributed by atoms with E-state index in [9.17, 15) is 18.0 Å². The Balaban J connectivity index is 1.73. The lowest BCUT2D eigenvalue weighted by Crippen LogP contribution is -2.40. The maximum absolute atomic E-state index is 12.9. The summed E-state index contributed by atoms with van der Waals surface area (Å²) in [5, 5.41) is 7.27. The Kier molecular flexibility index (Phi) is 11.3. The minimum Gasteiger partial charge on any atom is -0.495 e. The highest BCUT2D eigenvalue weighted by molar-refractivity contribution is 9.10. The molecule has 0 radical (unpaired) electrons. The van der Waals surface area contributed by atoms with Gasteiger partial charge in [-0.25, -0.2) is 9.97 Å². The first-order valence-electron chi connectivity index (χ1n) is 12.8. The summed E-state index contributed by atoms with van der Waals surface area (Å²) in [5.41, 5.74) is 1.41. The first kappa shape index (κ1) is 32.8. The molecule has 0 aliphatic rings. The molecule has 3 aromatic rings. The van der Waals surface area contributed by atoms with Gasteiger partial charge in [0.05, 0.1) is 31.2 Å².